The number of ether oxygens (including phenoxy) is 2. The van der Waals surface area contributed by atoms with Crippen LogP contribution in [0.5, 0.6) is 5.75 Å². The molecule has 1 aromatic heterocycles. The standard InChI is InChI=1S/C22H22F3N3O3/c1-20(2)30-12-21(3,31-20)28(4)19-15-8-6-5-7-14(15)18(26-27-19)16-10-9-13(11-17(16)29)22(23,24)25/h5-11,29H,12H2,1-4H3. The number of anilines is 1. The van der Waals surface area contributed by atoms with E-state index in [0.29, 0.717) is 29.3 Å². The normalized spacial score (nSPS) is 20.9. The van der Waals surface area contributed by atoms with Crippen molar-refractivity contribution in [3.8, 4) is 17.0 Å². The van der Waals surface area contributed by atoms with Crippen molar-refractivity contribution in [1.29, 1.82) is 0 Å². The Kier molecular flexibility index (Phi) is 4.86. The van der Waals surface area contributed by atoms with E-state index in [9.17, 15) is 18.3 Å². The maximum atomic E-state index is 13.0. The topological polar surface area (TPSA) is 67.7 Å². The first kappa shape index (κ1) is 21.3. The van der Waals surface area contributed by atoms with E-state index in [-0.39, 0.29) is 11.3 Å². The van der Waals surface area contributed by atoms with Gasteiger partial charge in [0.1, 0.15) is 11.4 Å². The molecule has 0 bridgehead atoms. The number of likely N-dealkylation sites (N-methyl/N-ethyl adjacent to an activating group) is 1. The van der Waals surface area contributed by atoms with Crippen LogP contribution in [0.2, 0.25) is 0 Å². The number of phenolic OH excluding ortho intramolecular Hbond substituents is 1. The number of aromatic hydroxyl groups is 1. The quantitative estimate of drug-likeness (QED) is 0.630. The average Bonchev–Trinajstić information content (AvgIpc) is 3.00. The van der Waals surface area contributed by atoms with Crippen LogP contribution in [0, 0.1) is 0 Å². The van der Waals surface area contributed by atoms with E-state index < -0.39 is 29.0 Å². The molecule has 1 fully saturated rings. The predicted octanol–water partition coefficient (Wildman–Crippen LogP) is 4.96. The van der Waals surface area contributed by atoms with Crippen LogP contribution in [-0.2, 0) is 15.7 Å². The molecule has 0 spiro atoms. The number of halogens is 3. The van der Waals surface area contributed by atoms with E-state index in [4.69, 9.17) is 9.47 Å². The SMILES string of the molecule is CN(c1nnc(-c2ccc(C(F)(F)F)cc2O)c2ccccc12)C1(C)COC(C)(C)O1. The molecule has 9 heteroatoms. The van der Waals surface area contributed by atoms with Crippen LogP contribution in [0.25, 0.3) is 22.0 Å². The predicted molar refractivity (Wildman–Crippen MR) is 110 cm³/mol. The summed E-state index contributed by atoms with van der Waals surface area (Å²) in [4.78, 5) is 1.83. The van der Waals surface area contributed by atoms with Gasteiger partial charge in [0.15, 0.2) is 17.3 Å². The number of hydrogen-bond acceptors (Lipinski definition) is 6. The number of rotatable bonds is 3. The van der Waals surface area contributed by atoms with Crippen LogP contribution in [-0.4, -0.2) is 40.5 Å². The Bertz CT molecular complexity index is 1150. The van der Waals surface area contributed by atoms with Crippen LogP contribution in [0.3, 0.4) is 0 Å². The van der Waals surface area contributed by atoms with Crippen molar-refractivity contribution in [2.75, 3.05) is 18.6 Å². The third kappa shape index (κ3) is 3.79. The molecule has 164 valence electrons. The molecular weight excluding hydrogens is 411 g/mol. The highest BCUT2D eigenvalue weighted by atomic mass is 19.4. The Morgan fingerprint density at radius 3 is 2.29 bits per heavy atom. The third-order valence-corrected chi connectivity index (χ3v) is 5.43. The number of aromatic nitrogens is 2. The van der Waals surface area contributed by atoms with Crippen molar-refractivity contribution >= 4 is 16.6 Å². The second-order valence-electron chi connectivity index (χ2n) is 8.17. The molecule has 1 atom stereocenters. The number of hydrogen-bond donors (Lipinski definition) is 1. The smallest absolute Gasteiger partial charge is 0.416 e. The van der Waals surface area contributed by atoms with Crippen LogP contribution in [0.15, 0.2) is 42.5 Å². The monoisotopic (exact) mass is 433 g/mol. The Hall–Kier alpha value is -2.91. The maximum absolute atomic E-state index is 13.0. The van der Waals surface area contributed by atoms with Crippen molar-refractivity contribution in [2.24, 2.45) is 0 Å². The van der Waals surface area contributed by atoms with Gasteiger partial charge in [-0.1, -0.05) is 24.3 Å². The van der Waals surface area contributed by atoms with E-state index in [1.54, 1.807) is 12.1 Å². The molecule has 0 saturated carbocycles. The van der Waals surface area contributed by atoms with Gasteiger partial charge in [0, 0.05) is 23.4 Å². The fraction of sp³-hybridized carbons (Fsp3) is 0.364. The maximum Gasteiger partial charge on any atom is 0.416 e. The fourth-order valence-electron chi connectivity index (χ4n) is 3.73. The molecule has 1 aliphatic heterocycles. The zero-order chi connectivity index (χ0) is 22.6. The van der Waals surface area contributed by atoms with E-state index in [2.05, 4.69) is 10.2 Å². The summed E-state index contributed by atoms with van der Waals surface area (Å²) in [6.45, 7) is 5.85. The summed E-state index contributed by atoms with van der Waals surface area (Å²) in [6.07, 6.45) is -4.55. The Morgan fingerprint density at radius 2 is 1.71 bits per heavy atom. The number of phenols is 1. The minimum absolute atomic E-state index is 0.165. The summed E-state index contributed by atoms with van der Waals surface area (Å²) in [5.41, 5.74) is -1.28. The minimum atomic E-state index is -4.55. The van der Waals surface area contributed by atoms with Gasteiger partial charge in [-0.15, -0.1) is 10.2 Å². The molecular formula is C22H22F3N3O3. The molecule has 6 nitrogen and oxygen atoms in total. The van der Waals surface area contributed by atoms with Gasteiger partial charge in [-0.2, -0.15) is 13.2 Å². The summed E-state index contributed by atoms with van der Waals surface area (Å²) in [7, 11) is 1.82. The van der Waals surface area contributed by atoms with Gasteiger partial charge >= 0.3 is 6.18 Å². The van der Waals surface area contributed by atoms with E-state index in [1.165, 1.54) is 6.07 Å². The van der Waals surface area contributed by atoms with Gasteiger partial charge in [-0.3, -0.25) is 0 Å². The summed E-state index contributed by atoms with van der Waals surface area (Å²) < 4.78 is 50.7. The Balaban J connectivity index is 1.82. The zero-order valence-electron chi connectivity index (χ0n) is 17.5. The van der Waals surface area contributed by atoms with Gasteiger partial charge in [0.05, 0.1) is 12.2 Å². The summed E-state index contributed by atoms with van der Waals surface area (Å²) in [5.74, 6) is -0.746. The van der Waals surface area contributed by atoms with Crippen molar-refractivity contribution in [1.82, 2.24) is 10.2 Å². The molecule has 2 aromatic carbocycles. The lowest BCUT2D eigenvalue weighted by Crippen LogP contribution is -2.48. The molecule has 3 aromatic rings. The van der Waals surface area contributed by atoms with Gasteiger partial charge < -0.3 is 19.5 Å². The highest BCUT2D eigenvalue weighted by molar-refractivity contribution is 6.01. The molecule has 1 N–H and O–H groups in total. The molecule has 2 heterocycles. The van der Waals surface area contributed by atoms with Gasteiger partial charge in [0.2, 0.25) is 0 Å². The van der Waals surface area contributed by atoms with Crippen molar-refractivity contribution in [2.45, 2.75) is 38.5 Å². The first-order valence-corrected chi connectivity index (χ1v) is 9.65. The van der Waals surface area contributed by atoms with Crippen LogP contribution in [0.4, 0.5) is 19.0 Å². The van der Waals surface area contributed by atoms with E-state index in [0.717, 1.165) is 6.07 Å². The molecule has 4 rings (SSSR count). The molecule has 0 aliphatic carbocycles. The largest absolute Gasteiger partial charge is 0.507 e. The summed E-state index contributed by atoms with van der Waals surface area (Å²) in [5, 5.41) is 20.3. The van der Waals surface area contributed by atoms with Gasteiger partial charge in [-0.25, -0.2) is 0 Å². The van der Waals surface area contributed by atoms with E-state index >= 15 is 0 Å². The molecule has 1 aliphatic rings. The van der Waals surface area contributed by atoms with Gasteiger partial charge in [-0.05, 0) is 39.0 Å². The van der Waals surface area contributed by atoms with Crippen LogP contribution < -0.4 is 4.90 Å². The lowest BCUT2D eigenvalue weighted by Gasteiger charge is -2.35. The first-order valence-electron chi connectivity index (χ1n) is 9.65. The highest BCUT2D eigenvalue weighted by Crippen LogP contribution is 2.41. The second-order valence-corrected chi connectivity index (χ2v) is 8.17. The third-order valence-electron chi connectivity index (χ3n) is 5.43. The molecule has 1 unspecified atom stereocenters. The number of nitrogens with zero attached hydrogens (tertiary/aromatic N) is 3. The fourth-order valence-corrected chi connectivity index (χ4v) is 3.73. The molecule has 31 heavy (non-hydrogen) atoms. The van der Waals surface area contributed by atoms with Crippen molar-refractivity contribution in [3.05, 3.63) is 48.0 Å². The first-order chi connectivity index (χ1) is 14.4. The van der Waals surface area contributed by atoms with Crippen LogP contribution >= 0.6 is 0 Å². The molecule has 0 radical (unpaired) electrons. The van der Waals surface area contributed by atoms with Crippen molar-refractivity contribution in [3.63, 3.8) is 0 Å². The number of benzene rings is 2. The zero-order valence-corrected chi connectivity index (χ0v) is 17.5. The lowest BCUT2D eigenvalue weighted by atomic mass is 10.0. The lowest BCUT2D eigenvalue weighted by molar-refractivity contribution is -0.156. The van der Waals surface area contributed by atoms with Gasteiger partial charge in [0.25, 0.3) is 0 Å². The Morgan fingerprint density at radius 1 is 1.03 bits per heavy atom. The highest BCUT2D eigenvalue weighted by Gasteiger charge is 2.46. The number of fused-ring (bicyclic) bond motifs is 1. The average molecular weight is 433 g/mol. The van der Waals surface area contributed by atoms with Crippen LogP contribution in [0.1, 0.15) is 26.3 Å². The molecule has 0 amide bonds. The summed E-state index contributed by atoms with van der Waals surface area (Å²) in [6, 6.07) is 10.1. The second kappa shape index (κ2) is 7.06. The summed E-state index contributed by atoms with van der Waals surface area (Å²) >= 11 is 0. The number of alkyl halides is 3. The van der Waals surface area contributed by atoms with Crippen molar-refractivity contribution < 1.29 is 27.8 Å². The minimum Gasteiger partial charge on any atom is -0.507 e. The van der Waals surface area contributed by atoms with E-state index in [1.807, 2.05) is 44.9 Å². The Labute approximate surface area is 177 Å². The molecule has 1 saturated heterocycles.